The molecular formula is C13H22O3. The summed E-state index contributed by atoms with van der Waals surface area (Å²) in [5.74, 6) is 0.0892. The van der Waals surface area contributed by atoms with E-state index in [9.17, 15) is 15.0 Å². The van der Waals surface area contributed by atoms with Crippen LogP contribution >= 0.6 is 0 Å². The number of carbonyl (C=O) groups excluding carboxylic acids is 1. The van der Waals surface area contributed by atoms with Gasteiger partial charge >= 0.3 is 0 Å². The molecule has 1 fully saturated rings. The van der Waals surface area contributed by atoms with Crippen LogP contribution in [-0.4, -0.2) is 27.7 Å². The number of Topliss-reactive ketones (excluding diaryl/α,β-unsaturated/α-hetero) is 1. The Bertz CT molecular complexity index is 304. The Kier molecular flexibility index (Phi) is 3.60. The quantitative estimate of drug-likeness (QED) is 0.704. The van der Waals surface area contributed by atoms with Gasteiger partial charge in [-0.2, -0.15) is 0 Å². The highest BCUT2D eigenvalue weighted by molar-refractivity contribution is 5.81. The van der Waals surface area contributed by atoms with E-state index >= 15 is 0 Å². The van der Waals surface area contributed by atoms with E-state index in [0.29, 0.717) is 12.8 Å². The Morgan fingerprint density at radius 2 is 2.06 bits per heavy atom. The van der Waals surface area contributed by atoms with Crippen molar-refractivity contribution < 1.29 is 15.0 Å². The third kappa shape index (κ3) is 2.36. The number of carbonyl (C=O) groups is 1. The van der Waals surface area contributed by atoms with Gasteiger partial charge in [0.2, 0.25) is 0 Å². The average Bonchev–Trinajstić information content (AvgIpc) is 2.10. The van der Waals surface area contributed by atoms with Gasteiger partial charge in [0.25, 0.3) is 0 Å². The van der Waals surface area contributed by atoms with Crippen molar-refractivity contribution in [2.24, 2.45) is 11.3 Å². The Morgan fingerprint density at radius 1 is 1.50 bits per heavy atom. The van der Waals surface area contributed by atoms with Gasteiger partial charge < -0.3 is 10.2 Å². The van der Waals surface area contributed by atoms with E-state index in [-0.39, 0.29) is 11.7 Å². The summed E-state index contributed by atoms with van der Waals surface area (Å²) >= 11 is 0. The van der Waals surface area contributed by atoms with Crippen molar-refractivity contribution in [2.75, 3.05) is 0 Å². The average molecular weight is 226 g/mol. The number of hydrogen-bond donors (Lipinski definition) is 2. The fourth-order valence-corrected chi connectivity index (χ4v) is 2.55. The zero-order chi connectivity index (χ0) is 12.6. The van der Waals surface area contributed by atoms with Crippen LogP contribution in [0.5, 0.6) is 0 Å². The normalized spacial score (nSPS) is 36.6. The van der Waals surface area contributed by atoms with Gasteiger partial charge in [-0.3, -0.25) is 4.79 Å². The van der Waals surface area contributed by atoms with E-state index < -0.39 is 17.1 Å². The first-order valence-electron chi connectivity index (χ1n) is 5.80. The topological polar surface area (TPSA) is 57.5 Å². The first kappa shape index (κ1) is 13.4. The maximum atomic E-state index is 11.5. The number of aliphatic hydroxyl groups is 2. The summed E-state index contributed by atoms with van der Waals surface area (Å²) in [5.41, 5.74) is -1.50. The van der Waals surface area contributed by atoms with Crippen molar-refractivity contribution in [3.05, 3.63) is 12.2 Å². The van der Waals surface area contributed by atoms with Gasteiger partial charge in [-0.05, 0) is 12.8 Å². The molecule has 3 atom stereocenters. The van der Waals surface area contributed by atoms with Crippen molar-refractivity contribution in [1.29, 1.82) is 0 Å². The molecule has 1 aliphatic rings. The van der Waals surface area contributed by atoms with Crippen LogP contribution in [0.4, 0.5) is 0 Å². The van der Waals surface area contributed by atoms with Crippen LogP contribution in [0.1, 0.15) is 40.5 Å². The number of aliphatic hydroxyl groups excluding tert-OH is 1. The van der Waals surface area contributed by atoms with Crippen LogP contribution in [0.15, 0.2) is 12.2 Å². The summed E-state index contributed by atoms with van der Waals surface area (Å²) in [6.45, 7) is 7.32. The molecule has 0 heterocycles. The van der Waals surface area contributed by atoms with Gasteiger partial charge in [0.1, 0.15) is 5.78 Å². The second kappa shape index (κ2) is 4.30. The SMILES string of the molecule is C[C@@H](O)/C=C/[C@@]1(O)[C@@H](C)CC(=O)CC1(C)C. The molecule has 0 saturated heterocycles. The molecule has 3 heteroatoms. The van der Waals surface area contributed by atoms with E-state index in [1.807, 2.05) is 20.8 Å². The summed E-state index contributed by atoms with van der Waals surface area (Å²) in [6, 6.07) is 0. The lowest BCUT2D eigenvalue weighted by molar-refractivity contribution is -0.142. The molecule has 0 aromatic carbocycles. The zero-order valence-corrected chi connectivity index (χ0v) is 10.5. The molecule has 92 valence electrons. The van der Waals surface area contributed by atoms with Crippen molar-refractivity contribution in [3.63, 3.8) is 0 Å². The Morgan fingerprint density at radius 3 is 2.50 bits per heavy atom. The minimum Gasteiger partial charge on any atom is -0.389 e. The third-order valence-electron chi connectivity index (χ3n) is 3.64. The molecule has 0 amide bonds. The van der Waals surface area contributed by atoms with E-state index in [2.05, 4.69) is 0 Å². The van der Waals surface area contributed by atoms with Crippen LogP contribution in [0.25, 0.3) is 0 Å². The molecule has 1 aliphatic carbocycles. The molecule has 2 N–H and O–H groups in total. The van der Waals surface area contributed by atoms with Crippen LogP contribution in [0.2, 0.25) is 0 Å². The van der Waals surface area contributed by atoms with Crippen LogP contribution < -0.4 is 0 Å². The van der Waals surface area contributed by atoms with Crippen LogP contribution in [0, 0.1) is 11.3 Å². The zero-order valence-electron chi connectivity index (χ0n) is 10.5. The molecule has 3 nitrogen and oxygen atoms in total. The van der Waals surface area contributed by atoms with Crippen molar-refractivity contribution in [3.8, 4) is 0 Å². The van der Waals surface area contributed by atoms with E-state index in [4.69, 9.17) is 0 Å². The van der Waals surface area contributed by atoms with Crippen LogP contribution in [0.3, 0.4) is 0 Å². The smallest absolute Gasteiger partial charge is 0.133 e. The largest absolute Gasteiger partial charge is 0.389 e. The van der Waals surface area contributed by atoms with Crippen molar-refractivity contribution in [2.45, 2.75) is 52.2 Å². The monoisotopic (exact) mass is 226 g/mol. The van der Waals surface area contributed by atoms with Gasteiger partial charge in [0.15, 0.2) is 0 Å². The molecule has 0 aromatic rings. The summed E-state index contributed by atoms with van der Waals surface area (Å²) in [4.78, 5) is 11.5. The maximum absolute atomic E-state index is 11.5. The number of ketones is 1. The van der Waals surface area contributed by atoms with Gasteiger partial charge in [-0.25, -0.2) is 0 Å². The Balaban J connectivity index is 3.02. The van der Waals surface area contributed by atoms with Gasteiger partial charge in [-0.1, -0.05) is 32.9 Å². The lowest BCUT2D eigenvalue weighted by Gasteiger charge is -2.48. The summed E-state index contributed by atoms with van der Waals surface area (Å²) in [7, 11) is 0. The molecule has 1 saturated carbocycles. The molecule has 0 aromatic heterocycles. The van der Waals surface area contributed by atoms with E-state index in [1.54, 1.807) is 19.1 Å². The molecule has 0 unspecified atom stereocenters. The predicted octanol–water partition coefficient (Wildman–Crippen LogP) is 1.68. The fraction of sp³-hybridized carbons (Fsp3) is 0.769. The number of hydrogen-bond acceptors (Lipinski definition) is 3. The summed E-state index contributed by atoms with van der Waals surface area (Å²) in [6.07, 6.45) is 3.47. The highest BCUT2D eigenvalue weighted by Gasteiger charge is 2.50. The number of rotatable bonds is 2. The summed E-state index contributed by atoms with van der Waals surface area (Å²) < 4.78 is 0. The lowest BCUT2D eigenvalue weighted by atomic mass is 9.60. The highest BCUT2D eigenvalue weighted by atomic mass is 16.3. The van der Waals surface area contributed by atoms with Crippen molar-refractivity contribution >= 4 is 5.78 Å². The molecular weight excluding hydrogens is 204 g/mol. The minimum atomic E-state index is -1.02. The second-order valence-electron chi connectivity index (χ2n) is 5.63. The van der Waals surface area contributed by atoms with E-state index in [0.717, 1.165) is 0 Å². The molecule has 0 spiro atoms. The Labute approximate surface area is 97.2 Å². The van der Waals surface area contributed by atoms with Crippen LogP contribution in [-0.2, 0) is 4.79 Å². The maximum Gasteiger partial charge on any atom is 0.133 e. The van der Waals surface area contributed by atoms with Gasteiger partial charge in [0, 0.05) is 18.3 Å². The van der Waals surface area contributed by atoms with E-state index in [1.165, 1.54) is 0 Å². The minimum absolute atomic E-state index is 0.112. The highest BCUT2D eigenvalue weighted by Crippen LogP contribution is 2.46. The predicted molar refractivity (Wildman–Crippen MR) is 63.0 cm³/mol. The molecule has 0 aliphatic heterocycles. The lowest BCUT2D eigenvalue weighted by Crippen LogP contribution is -2.53. The molecule has 1 rings (SSSR count). The third-order valence-corrected chi connectivity index (χ3v) is 3.64. The molecule has 16 heavy (non-hydrogen) atoms. The first-order valence-corrected chi connectivity index (χ1v) is 5.80. The second-order valence-corrected chi connectivity index (χ2v) is 5.63. The Hall–Kier alpha value is -0.670. The summed E-state index contributed by atoms with van der Waals surface area (Å²) in [5, 5.41) is 19.9. The van der Waals surface area contributed by atoms with Gasteiger partial charge in [-0.15, -0.1) is 0 Å². The fourth-order valence-electron chi connectivity index (χ4n) is 2.55. The molecule has 0 radical (unpaired) electrons. The van der Waals surface area contributed by atoms with Gasteiger partial charge in [0.05, 0.1) is 11.7 Å². The van der Waals surface area contributed by atoms with Crippen molar-refractivity contribution in [1.82, 2.24) is 0 Å². The molecule has 0 bridgehead atoms. The standard InChI is InChI=1S/C13H22O3/c1-9-7-11(15)8-12(3,4)13(9,16)6-5-10(2)14/h5-6,9-10,14,16H,7-8H2,1-4H3/b6-5+/t9-,10+,13+/m0/s1. The first-order chi connectivity index (χ1) is 7.19.